The molecule has 0 unspecified atom stereocenters. The van der Waals surface area contributed by atoms with Gasteiger partial charge in [0.15, 0.2) is 0 Å². The Balaban J connectivity index is 1.32. The van der Waals surface area contributed by atoms with Gasteiger partial charge in [0.05, 0.1) is 29.4 Å². The van der Waals surface area contributed by atoms with Crippen LogP contribution in [-0.4, -0.2) is 62.1 Å². The molecule has 0 saturated carbocycles. The summed E-state index contributed by atoms with van der Waals surface area (Å²) in [5.41, 5.74) is 9.21. The molecule has 0 aliphatic carbocycles. The molecule has 1 saturated heterocycles. The van der Waals surface area contributed by atoms with Crippen molar-refractivity contribution < 1.29 is 9.53 Å². The van der Waals surface area contributed by atoms with Crippen LogP contribution in [-0.2, 0) is 0 Å². The van der Waals surface area contributed by atoms with Crippen molar-refractivity contribution >= 4 is 23.2 Å². The van der Waals surface area contributed by atoms with E-state index >= 15 is 0 Å². The number of piperazine rings is 1. The normalized spacial score (nSPS) is 14.8. The molecule has 3 aromatic carbocycles. The van der Waals surface area contributed by atoms with E-state index in [2.05, 4.69) is 75.8 Å². The van der Waals surface area contributed by atoms with Gasteiger partial charge in [0.1, 0.15) is 5.75 Å². The fourth-order valence-electron chi connectivity index (χ4n) is 4.47. The van der Waals surface area contributed by atoms with Crippen molar-refractivity contribution in [2.45, 2.75) is 6.04 Å². The first-order valence-electron chi connectivity index (χ1n) is 11.5. The summed E-state index contributed by atoms with van der Waals surface area (Å²) in [6.45, 7) is 5.15. The molecule has 0 atom stereocenters. The highest BCUT2D eigenvalue weighted by Crippen LogP contribution is 2.30. The molecule has 1 aliphatic heterocycles. The average molecular weight is 479 g/mol. The van der Waals surface area contributed by atoms with E-state index < -0.39 is 0 Å². The molecule has 4 rings (SSSR count). The SMILES string of the molecule is COc1cc(N)c(Cl)cc1C(=O)NCCN1CCN(C(c2ccccc2)c2ccccc2)CC1. The maximum Gasteiger partial charge on any atom is 0.255 e. The standard InChI is InChI=1S/C27H31ClN4O2/c1-34-25-19-24(29)23(28)18-22(25)27(33)30-12-13-31-14-16-32(17-15-31)26(20-8-4-2-5-9-20)21-10-6-3-7-11-21/h2-11,18-19,26H,12-17,29H2,1H3,(H,30,33). The van der Waals surface area contributed by atoms with E-state index in [4.69, 9.17) is 22.1 Å². The average Bonchev–Trinajstić information content (AvgIpc) is 2.87. The summed E-state index contributed by atoms with van der Waals surface area (Å²) in [5.74, 6) is 0.200. The Kier molecular flexibility index (Phi) is 8.06. The number of nitrogen functional groups attached to an aromatic ring is 1. The summed E-state index contributed by atoms with van der Waals surface area (Å²) in [6.07, 6.45) is 0. The van der Waals surface area contributed by atoms with E-state index in [1.165, 1.54) is 18.2 Å². The van der Waals surface area contributed by atoms with E-state index in [9.17, 15) is 4.79 Å². The molecule has 6 nitrogen and oxygen atoms in total. The zero-order valence-electron chi connectivity index (χ0n) is 19.4. The van der Waals surface area contributed by atoms with Crippen LogP contribution >= 0.6 is 11.6 Å². The van der Waals surface area contributed by atoms with Gasteiger partial charge >= 0.3 is 0 Å². The lowest BCUT2D eigenvalue weighted by atomic mass is 9.96. The smallest absolute Gasteiger partial charge is 0.255 e. The molecule has 0 aromatic heterocycles. The van der Waals surface area contributed by atoms with Crippen molar-refractivity contribution in [3.05, 3.63) is 94.5 Å². The van der Waals surface area contributed by atoms with Gasteiger partial charge in [-0.1, -0.05) is 72.3 Å². The third kappa shape index (κ3) is 5.70. The number of amides is 1. The second kappa shape index (κ2) is 11.4. The van der Waals surface area contributed by atoms with Crippen LogP contribution in [0.5, 0.6) is 5.75 Å². The number of anilines is 1. The predicted octanol–water partition coefficient (Wildman–Crippen LogP) is 4.07. The van der Waals surface area contributed by atoms with Crippen LogP contribution in [0.1, 0.15) is 27.5 Å². The first kappa shape index (κ1) is 24.1. The van der Waals surface area contributed by atoms with Crippen LogP contribution in [0.15, 0.2) is 72.8 Å². The van der Waals surface area contributed by atoms with Crippen molar-refractivity contribution in [2.24, 2.45) is 0 Å². The lowest BCUT2D eigenvalue weighted by molar-refractivity contribution is 0.0918. The number of halogens is 1. The Bertz CT molecular complexity index is 1050. The van der Waals surface area contributed by atoms with Crippen molar-refractivity contribution in [1.82, 2.24) is 15.1 Å². The third-order valence-electron chi connectivity index (χ3n) is 6.28. The Hall–Kier alpha value is -3.06. The maximum atomic E-state index is 12.7. The van der Waals surface area contributed by atoms with Crippen LogP contribution in [0.4, 0.5) is 5.69 Å². The number of carbonyl (C=O) groups is 1. The van der Waals surface area contributed by atoms with Crippen molar-refractivity contribution in [1.29, 1.82) is 0 Å². The Morgan fingerprint density at radius 3 is 2.15 bits per heavy atom. The fourth-order valence-corrected chi connectivity index (χ4v) is 4.63. The molecule has 178 valence electrons. The van der Waals surface area contributed by atoms with E-state index in [1.54, 1.807) is 12.1 Å². The highest BCUT2D eigenvalue weighted by molar-refractivity contribution is 6.33. The lowest BCUT2D eigenvalue weighted by Crippen LogP contribution is -2.49. The van der Waals surface area contributed by atoms with Crippen LogP contribution in [0.3, 0.4) is 0 Å². The number of carbonyl (C=O) groups excluding carboxylic acids is 1. The fraction of sp³-hybridized carbons (Fsp3) is 0.296. The van der Waals surface area contributed by atoms with Gasteiger partial charge < -0.3 is 15.8 Å². The lowest BCUT2D eigenvalue weighted by Gasteiger charge is -2.39. The Morgan fingerprint density at radius 2 is 1.59 bits per heavy atom. The number of rotatable bonds is 8. The van der Waals surface area contributed by atoms with Crippen molar-refractivity contribution in [2.75, 3.05) is 52.1 Å². The van der Waals surface area contributed by atoms with Crippen LogP contribution in [0.2, 0.25) is 5.02 Å². The minimum atomic E-state index is -0.217. The van der Waals surface area contributed by atoms with Crippen molar-refractivity contribution in [3.8, 4) is 5.75 Å². The van der Waals surface area contributed by atoms with Crippen molar-refractivity contribution in [3.63, 3.8) is 0 Å². The maximum absolute atomic E-state index is 12.7. The first-order chi connectivity index (χ1) is 16.6. The van der Waals surface area contributed by atoms with Crippen LogP contribution in [0.25, 0.3) is 0 Å². The number of nitrogens with zero attached hydrogens (tertiary/aromatic N) is 2. The van der Waals surface area contributed by atoms with E-state index in [0.29, 0.717) is 28.6 Å². The quantitative estimate of drug-likeness (QED) is 0.477. The highest BCUT2D eigenvalue weighted by atomic mass is 35.5. The number of hydrogen-bond donors (Lipinski definition) is 2. The molecule has 0 spiro atoms. The Labute approximate surface area is 206 Å². The molecule has 34 heavy (non-hydrogen) atoms. The van der Waals surface area contributed by atoms with Gasteiger partial charge in [-0.2, -0.15) is 0 Å². The van der Waals surface area contributed by atoms with Gasteiger partial charge in [-0.15, -0.1) is 0 Å². The van der Waals surface area contributed by atoms with Gasteiger partial charge in [-0.25, -0.2) is 0 Å². The summed E-state index contributed by atoms with van der Waals surface area (Å²) in [6, 6.07) is 24.7. The monoisotopic (exact) mass is 478 g/mol. The Morgan fingerprint density at radius 1 is 1.00 bits per heavy atom. The summed E-state index contributed by atoms with van der Waals surface area (Å²) in [7, 11) is 1.51. The minimum Gasteiger partial charge on any atom is -0.496 e. The van der Waals surface area contributed by atoms with Gasteiger partial charge in [0.25, 0.3) is 5.91 Å². The number of methoxy groups -OCH3 is 1. The largest absolute Gasteiger partial charge is 0.496 e. The summed E-state index contributed by atoms with van der Waals surface area (Å²) >= 11 is 6.10. The number of ether oxygens (including phenoxy) is 1. The van der Waals surface area contributed by atoms with Crippen LogP contribution in [0, 0.1) is 0 Å². The number of nitrogens with one attached hydrogen (secondary N) is 1. The van der Waals surface area contributed by atoms with Gasteiger partial charge in [-0.3, -0.25) is 14.6 Å². The zero-order valence-corrected chi connectivity index (χ0v) is 20.2. The molecule has 1 amide bonds. The molecule has 0 radical (unpaired) electrons. The highest BCUT2D eigenvalue weighted by Gasteiger charge is 2.26. The molecule has 1 fully saturated rings. The molecule has 7 heteroatoms. The molecular weight excluding hydrogens is 448 g/mol. The predicted molar refractivity (Wildman–Crippen MR) is 137 cm³/mol. The first-order valence-corrected chi connectivity index (χ1v) is 11.9. The summed E-state index contributed by atoms with van der Waals surface area (Å²) in [4.78, 5) is 17.6. The molecular formula is C27H31ClN4O2. The second-order valence-electron chi connectivity index (χ2n) is 8.43. The number of benzene rings is 3. The van der Waals surface area contributed by atoms with E-state index in [0.717, 1.165) is 32.7 Å². The zero-order chi connectivity index (χ0) is 23.9. The molecule has 1 heterocycles. The third-order valence-corrected chi connectivity index (χ3v) is 6.61. The summed E-state index contributed by atoms with van der Waals surface area (Å²) < 4.78 is 5.29. The van der Waals surface area contributed by atoms with E-state index in [1.807, 2.05) is 0 Å². The number of nitrogens with two attached hydrogens (primary N) is 1. The minimum absolute atomic E-state index is 0.217. The van der Waals surface area contributed by atoms with E-state index in [-0.39, 0.29) is 11.9 Å². The topological polar surface area (TPSA) is 70.8 Å². The van der Waals surface area contributed by atoms with Gasteiger partial charge in [0, 0.05) is 45.3 Å². The number of hydrogen-bond acceptors (Lipinski definition) is 5. The van der Waals surface area contributed by atoms with Gasteiger partial charge in [0.2, 0.25) is 0 Å². The molecule has 1 aliphatic rings. The molecule has 0 bridgehead atoms. The second-order valence-corrected chi connectivity index (χ2v) is 8.84. The van der Waals surface area contributed by atoms with Crippen LogP contribution < -0.4 is 15.8 Å². The molecule has 3 aromatic rings. The molecule has 3 N–H and O–H groups in total. The van der Waals surface area contributed by atoms with Gasteiger partial charge in [-0.05, 0) is 17.2 Å². The summed E-state index contributed by atoms with van der Waals surface area (Å²) in [5, 5.41) is 3.32.